The summed E-state index contributed by atoms with van der Waals surface area (Å²) in [5.41, 5.74) is 2.68. The van der Waals surface area contributed by atoms with Gasteiger partial charge in [0.15, 0.2) is 0 Å². The standard InChI is InChI=1S/C17H20N2O3S3/c1-12-3-4-13(2)14(11-12)18-17(20)16-15(5-8-24-16)25(21,22)19-6-9-23-10-7-19/h3-5,8,11H,6-7,9-10H2,1-2H3,(H,18,20). The lowest BCUT2D eigenvalue weighted by atomic mass is 10.1. The number of thioether (sulfide) groups is 1. The van der Waals surface area contributed by atoms with Crippen LogP contribution >= 0.6 is 23.1 Å². The van der Waals surface area contributed by atoms with Gasteiger partial charge in [-0.25, -0.2) is 8.42 Å². The highest BCUT2D eigenvalue weighted by Gasteiger charge is 2.31. The van der Waals surface area contributed by atoms with Crippen LogP contribution in [-0.4, -0.2) is 43.2 Å². The van der Waals surface area contributed by atoms with Gasteiger partial charge in [-0.2, -0.15) is 16.1 Å². The fourth-order valence-corrected chi connectivity index (χ4v) is 6.51. The molecular weight excluding hydrogens is 376 g/mol. The number of sulfonamides is 1. The van der Waals surface area contributed by atoms with E-state index in [4.69, 9.17) is 0 Å². The van der Waals surface area contributed by atoms with Gasteiger partial charge in [-0.1, -0.05) is 12.1 Å². The Kier molecular flexibility index (Phi) is 5.52. The van der Waals surface area contributed by atoms with E-state index in [1.54, 1.807) is 17.1 Å². The molecule has 2 heterocycles. The number of benzene rings is 1. The number of amides is 1. The fourth-order valence-electron chi connectivity index (χ4n) is 2.64. The molecule has 0 unspecified atom stereocenters. The second-order valence-electron chi connectivity index (χ2n) is 5.90. The third-order valence-electron chi connectivity index (χ3n) is 4.06. The van der Waals surface area contributed by atoms with Crippen molar-refractivity contribution < 1.29 is 13.2 Å². The third-order valence-corrected chi connectivity index (χ3v) is 7.99. The van der Waals surface area contributed by atoms with Gasteiger partial charge in [0.2, 0.25) is 10.0 Å². The van der Waals surface area contributed by atoms with Gasteiger partial charge in [0.05, 0.1) is 0 Å². The van der Waals surface area contributed by atoms with Crippen molar-refractivity contribution in [3.8, 4) is 0 Å². The van der Waals surface area contributed by atoms with E-state index in [1.165, 1.54) is 10.4 Å². The first-order chi connectivity index (χ1) is 11.9. The van der Waals surface area contributed by atoms with E-state index in [1.807, 2.05) is 32.0 Å². The molecule has 1 aromatic heterocycles. The Labute approximate surface area is 156 Å². The summed E-state index contributed by atoms with van der Waals surface area (Å²) in [5.74, 6) is 1.19. The monoisotopic (exact) mass is 396 g/mol. The Morgan fingerprint density at radius 3 is 2.60 bits per heavy atom. The van der Waals surface area contributed by atoms with E-state index in [-0.39, 0.29) is 15.7 Å². The van der Waals surface area contributed by atoms with Gasteiger partial charge < -0.3 is 5.32 Å². The molecule has 0 aliphatic carbocycles. The predicted molar refractivity (Wildman–Crippen MR) is 104 cm³/mol. The van der Waals surface area contributed by atoms with E-state index < -0.39 is 10.0 Å². The van der Waals surface area contributed by atoms with Crippen molar-refractivity contribution in [3.63, 3.8) is 0 Å². The molecule has 25 heavy (non-hydrogen) atoms. The van der Waals surface area contributed by atoms with E-state index in [2.05, 4.69) is 5.32 Å². The van der Waals surface area contributed by atoms with Gasteiger partial charge in [-0.15, -0.1) is 11.3 Å². The number of anilines is 1. The second kappa shape index (κ2) is 7.49. The lowest BCUT2D eigenvalue weighted by Crippen LogP contribution is -2.38. The molecule has 0 radical (unpaired) electrons. The summed E-state index contributed by atoms with van der Waals surface area (Å²) in [7, 11) is -3.64. The van der Waals surface area contributed by atoms with Crippen LogP contribution in [0.2, 0.25) is 0 Å². The molecule has 2 aromatic rings. The van der Waals surface area contributed by atoms with Crippen LogP contribution in [0.25, 0.3) is 0 Å². The fraction of sp³-hybridized carbons (Fsp3) is 0.353. The van der Waals surface area contributed by atoms with E-state index in [0.717, 1.165) is 34.0 Å². The Hall–Kier alpha value is -1.35. The summed E-state index contributed by atoms with van der Waals surface area (Å²) in [5, 5.41) is 4.51. The molecule has 0 saturated carbocycles. The highest BCUT2D eigenvalue weighted by Crippen LogP contribution is 2.28. The number of carbonyl (C=O) groups is 1. The number of rotatable bonds is 4. The Morgan fingerprint density at radius 1 is 1.16 bits per heavy atom. The van der Waals surface area contributed by atoms with Crippen LogP contribution in [0.5, 0.6) is 0 Å². The molecule has 5 nitrogen and oxygen atoms in total. The summed E-state index contributed by atoms with van der Waals surface area (Å²) >= 11 is 2.90. The van der Waals surface area contributed by atoms with Gasteiger partial charge in [-0.3, -0.25) is 4.79 Å². The third kappa shape index (κ3) is 3.92. The van der Waals surface area contributed by atoms with Crippen molar-refractivity contribution in [2.45, 2.75) is 18.7 Å². The SMILES string of the molecule is Cc1ccc(C)c(NC(=O)c2sccc2S(=O)(=O)N2CCSCC2)c1. The Morgan fingerprint density at radius 2 is 1.88 bits per heavy atom. The zero-order valence-corrected chi connectivity index (χ0v) is 16.6. The smallest absolute Gasteiger partial charge is 0.267 e. The first-order valence-electron chi connectivity index (χ1n) is 7.93. The lowest BCUT2D eigenvalue weighted by Gasteiger charge is -2.25. The number of nitrogens with zero attached hydrogens (tertiary/aromatic N) is 1. The highest BCUT2D eigenvalue weighted by molar-refractivity contribution is 7.99. The van der Waals surface area contributed by atoms with Crippen molar-refractivity contribution in [3.05, 3.63) is 45.6 Å². The number of aryl methyl sites for hydroxylation is 2. The van der Waals surface area contributed by atoms with Gasteiger partial charge in [0.1, 0.15) is 9.77 Å². The first kappa shape index (κ1) is 18.4. The van der Waals surface area contributed by atoms with Crippen LogP contribution in [0.3, 0.4) is 0 Å². The summed E-state index contributed by atoms with van der Waals surface area (Å²) in [6, 6.07) is 7.32. The van der Waals surface area contributed by atoms with Crippen molar-refractivity contribution in [2.24, 2.45) is 0 Å². The Balaban J connectivity index is 1.88. The molecule has 0 spiro atoms. The molecule has 8 heteroatoms. The zero-order valence-electron chi connectivity index (χ0n) is 14.1. The number of hydrogen-bond acceptors (Lipinski definition) is 5. The van der Waals surface area contributed by atoms with Gasteiger partial charge >= 0.3 is 0 Å². The van der Waals surface area contributed by atoms with Crippen LogP contribution in [-0.2, 0) is 10.0 Å². The quantitative estimate of drug-likeness (QED) is 0.861. The summed E-state index contributed by atoms with van der Waals surface area (Å²) < 4.78 is 27.3. The van der Waals surface area contributed by atoms with Crippen molar-refractivity contribution in [1.29, 1.82) is 0 Å². The van der Waals surface area contributed by atoms with Crippen LogP contribution in [0.15, 0.2) is 34.5 Å². The predicted octanol–water partition coefficient (Wildman–Crippen LogP) is 3.35. The normalized spacial score (nSPS) is 15.9. The minimum absolute atomic E-state index is 0.104. The summed E-state index contributed by atoms with van der Waals surface area (Å²) in [4.78, 5) is 13.0. The van der Waals surface area contributed by atoms with Gasteiger partial charge in [-0.05, 0) is 42.5 Å². The molecule has 1 saturated heterocycles. The Bertz CT molecular complexity index is 884. The van der Waals surface area contributed by atoms with E-state index in [9.17, 15) is 13.2 Å². The molecular formula is C17H20N2O3S3. The van der Waals surface area contributed by atoms with Crippen molar-refractivity contribution >= 4 is 44.7 Å². The molecule has 1 amide bonds. The maximum atomic E-state index is 12.9. The van der Waals surface area contributed by atoms with Crippen molar-refractivity contribution in [2.75, 3.05) is 29.9 Å². The molecule has 1 fully saturated rings. The number of thiophene rings is 1. The maximum absolute atomic E-state index is 12.9. The second-order valence-corrected chi connectivity index (χ2v) is 9.95. The molecule has 3 rings (SSSR count). The van der Waals surface area contributed by atoms with E-state index in [0.29, 0.717) is 18.8 Å². The summed E-state index contributed by atoms with van der Waals surface area (Å²) in [6.07, 6.45) is 0. The average Bonchev–Trinajstić information content (AvgIpc) is 3.09. The van der Waals surface area contributed by atoms with Crippen LogP contribution in [0.4, 0.5) is 5.69 Å². The number of carbonyl (C=O) groups excluding carboxylic acids is 1. The van der Waals surface area contributed by atoms with Gasteiger partial charge in [0.25, 0.3) is 5.91 Å². The largest absolute Gasteiger partial charge is 0.321 e. The number of hydrogen-bond donors (Lipinski definition) is 1. The van der Waals surface area contributed by atoms with Crippen LogP contribution in [0, 0.1) is 13.8 Å². The summed E-state index contributed by atoms with van der Waals surface area (Å²) in [6.45, 7) is 4.83. The molecule has 1 aromatic carbocycles. The molecule has 0 bridgehead atoms. The van der Waals surface area contributed by atoms with Crippen LogP contribution in [0.1, 0.15) is 20.8 Å². The average molecular weight is 397 g/mol. The molecule has 134 valence electrons. The molecule has 1 aliphatic heterocycles. The zero-order chi connectivity index (χ0) is 18.0. The van der Waals surface area contributed by atoms with Crippen LogP contribution < -0.4 is 5.32 Å². The topological polar surface area (TPSA) is 66.5 Å². The lowest BCUT2D eigenvalue weighted by molar-refractivity contribution is 0.102. The highest BCUT2D eigenvalue weighted by atomic mass is 32.2. The molecule has 1 aliphatic rings. The molecule has 1 N–H and O–H groups in total. The first-order valence-corrected chi connectivity index (χ1v) is 11.4. The van der Waals surface area contributed by atoms with Crippen molar-refractivity contribution in [1.82, 2.24) is 4.31 Å². The minimum Gasteiger partial charge on any atom is -0.321 e. The maximum Gasteiger partial charge on any atom is 0.267 e. The number of nitrogens with one attached hydrogen (secondary N) is 1. The van der Waals surface area contributed by atoms with E-state index >= 15 is 0 Å². The van der Waals surface area contributed by atoms with Gasteiger partial charge in [0, 0.05) is 30.3 Å². The molecule has 0 atom stereocenters. The minimum atomic E-state index is -3.64.